The topological polar surface area (TPSA) is 49.0 Å². The highest BCUT2D eigenvalue weighted by atomic mass is 79.9. The van der Waals surface area contributed by atoms with Crippen molar-refractivity contribution in [3.63, 3.8) is 0 Å². The molecule has 0 saturated heterocycles. The molecule has 0 fully saturated rings. The van der Waals surface area contributed by atoms with Crippen LogP contribution in [-0.2, 0) is 17.8 Å². The lowest BCUT2D eigenvalue weighted by molar-refractivity contribution is -0.129. The Morgan fingerprint density at radius 3 is 2.79 bits per heavy atom. The Hall–Kier alpha value is -1.62. The second-order valence-corrected chi connectivity index (χ2v) is 5.62. The van der Waals surface area contributed by atoms with Crippen molar-refractivity contribution < 1.29 is 4.79 Å². The minimum atomic E-state index is 0.116. The molecule has 0 spiro atoms. The fourth-order valence-corrected chi connectivity index (χ4v) is 2.57. The zero-order valence-corrected chi connectivity index (χ0v) is 12.2. The first-order chi connectivity index (χ1) is 9.13. The van der Waals surface area contributed by atoms with Crippen molar-refractivity contribution >= 4 is 21.8 Å². The summed E-state index contributed by atoms with van der Waals surface area (Å²) in [4.78, 5) is 21.2. The van der Waals surface area contributed by atoms with E-state index in [9.17, 15) is 4.79 Å². The monoisotopic (exact) mass is 319 g/mol. The molecule has 0 unspecified atom stereocenters. The number of fused-ring (bicyclic) bond motifs is 1. The number of aromatic nitrogens is 2. The first-order valence-corrected chi connectivity index (χ1v) is 7.02. The van der Waals surface area contributed by atoms with Crippen molar-refractivity contribution in [3.05, 3.63) is 40.1 Å². The first kappa shape index (κ1) is 12.4. The third kappa shape index (κ3) is 2.42. The van der Waals surface area contributed by atoms with Crippen molar-refractivity contribution in [3.8, 4) is 11.4 Å². The van der Waals surface area contributed by atoms with Gasteiger partial charge in [-0.05, 0) is 12.1 Å². The standard InChI is InChI=1S/C14H14BrN3O/c1-9(19)18-7-6-12-13(8-18)17-14(16-12)10-2-4-11(15)5-3-10/h2-5H,6-8H2,1H3,(H,16,17). The third-order valence-corrected chi connectivity index (χ3v) is 3.92. The number of nitrogens with zero attached hydrogens (tertiary/aromatic N) is 2. The lowest BCUT2D eigenvalue weighted by atomic mass is 10.1. The summed E-state index contributed by atoms with van der Waals surface area (Å²) in [5, 5.41) is 0. The maximum atomic E-state index is 11.4. The largest absolute Gasteiger partial charge is 0.340 e. The van der Waals surface area contributed by atoms with Crippen LogP contribution < -0.4 is 0 Å². The van der Waals surface area contributed by atoms with Crippen molar-refractivity contribution in [2.24, 2.45) is 0 Å². The summed E-state index contributed by atoms with van der Waals surface area (Å²) in [7, 11) is 0. The Kier molecular flexibility index (Phi) is 3.14. The molecule has 4 nitrogen and oxygen atoms in total. The van der Waals surface area contributed by atoms with Crippen molar-refractivity contribution in [1.29, 1.82) is 0 Å². The molecule has 0 atom stereocenters. The number of imidazole rings is 1. The van der Waals surface area contributed by atoms with Crippen LogP contribution in [0.15, 0.2) is 28.7 Å². The highest BCUT2D eigenvalue weighted by Gasteiger charge is 2.21. The summed E-state index contributed by atoms with van der Waals surface area (Å²) >= 11 is 3.42. The van der Waals surface area contributed by atoms with Gasteiger partial charge in [0.25, 0.3) is 0 Å². The van der Waals surface area contributed by atoms with Gasteiger partial charge in [-0.3, -0.25) is 4.79 Å². The van der Waals surface area contributed by atoms with E-state index in [2.05, 4.69) is 25.9 Å². The number of H-pyrrole nitrogens is 1. The van der Waals surface area contributed by atoms with E-state index < -0.39 is 0 Å². The van der Waals surface area contributed by atoms with Crippen molar-refractivity contribution in [1.82, 2.24) is 14.9 Å². The van der Waals surface area contributed by atoms with E-state index in [-0.39, 0.29) is 5.91 Å². The van der Waals surface area contributed by atoms with Gasteiger partial charge in [0, 0.05) is 29.9 Å². The molecule has 0 aliphatic carbocycles. The molecule has 1 aromatic carbocycles. The van der Waals surface area contributed by atoms with Gasteiger partial charge in [-0.15, -0.1) is 0 Å². The minimum absolute atomic E-state index is 0.116. The smallest absolute Gasteiger partial charge is 0.219 e. The summed E-state index contributed by atoms with van der Waals surface area (Å²) in [5.41, 5.74) is 3.20. The maximum Gasteiger partial charge on any atom is 0.219 e. The Labute approximate surface area is 120 Å². The van der Waals surface area contributed by atoms with Crippen LogP contribution >= 0.6 is 15.9 Å². The van der Waals surface area contributed by atoms with Crippen molar-refractivity contribution in [2.45, 2.75) is 19.9 Å². The number of nitrogens with one attached hydrogen (secondary N) is 1. The summed E-state index contributed by atoms with van der Waals surface area (Å²) in [6, 6.07) is 8.05. The summed E-state index contributed by atoms with van der Waals surface area (Å²) < 4.78 is 1.05. The number of halogens is 1. The van der Waals surface area contributed by atoms with Crippen LogP contribution in [0.1, 0.15) is 18.3 Å². The SMILES string of the molecule is CC(=O)N1CCc2nc(-c3ccc(Br)cc3)[nH]c2C1. The summed E-state index contributed by atoms with van der Waals surface area (Å²) in [6.45, 7) is 3.00. The fourth-order valence-electron chi connectivity index (χ4n) is 2.31. The van der Waals surface area contributed by atoms with Gasteiger partial charge in [-0.2, -0.15) is 0 Å². The number of amides is 1. The first-order valence-electron chi connectivity index (χ1n) is 6.22. The van der Waals surface area contributed by atoms with Gasteiger partial charge in [-0.1, -0.05) is 28.1 Å². The molecular formula is C14H14BrN3O. The van der Waals surface area contributed by atoms with E-state index in [1.807, 2.05) is 29.2 Å². The average molecular weight is 320 g/mol. The lowest BCUT2D eigenvalue weighted by Crippen LogP contribution is -2.34. The fraction of sp³-hybridized carbons (Fsp3) is 0.286. The Morgan fingerprint density at radius 2 is 2.11 bits per heavy atom. The molecule has 0 saturated carbocycles. The maximum absolute atomic E-state index is 11.4. The van der Waals surface area contributed by atoms with E-state index in [0.717, 1.165) is 40.2 Å². The number of hydrogen-bond acceptors (Lipinski definition) is 2. The molecule has 1 aliphatic heterocycles. The van der Waals surface area contributed by atoms with E-state index in [0.29, 0.717) is 6.54 Å². The molecule has 3 rings (SSSR count). The van der Waals surface area contributed by atoms with E-state index >= 15 is 0 Å². The van der Waals surface area contributed by atoms with Crippen LogP contribution in [0.3, 0.4) is 0 Å². The Bertz CT molecular complexity index is 618. The van der Waals surface area contributed by atoms with Gasteiger partial charge >= 0.3 is 0 Å². The van der Waals surface area contributed by atoms with Gasteiger partial charge in [0.15, 0.2) is 0 Å². The van der Waals surface area contributed by atoms with Crippen LogP contribution in [0.25, 0.3) is 11.4 Å². The van der Waals surface area contributed by atoms with Gasteiger partial charge in [-0.25, -0.2) is 4.98 Å². The lowest BCUT2D eigenvalue weighted by Gasteiger charge is -2.24. The van der Waals surface area contributed by atoms with Gasteiger partial charge in [0.2, 0.25) is 5.91 Å². The number of carbonyl (C=O) groups is 1. The van der Waals surface area contributed by atoms with Crippen LogP contribution in [-0.4, -0.2) is 27.3 Å². The molecule has 1 aliphatic rings. The van der Waals surface area contributed by atoms with Crippen LogP contribution in [0.2, 0.25) is 0 Å². The molecule has 19 heavy (non-hydrogen) atoms. The summed E-state index contributed by atoms with van der Waals surface area (Å²) in [6.07, 6.45) is 0.821. The second kappa shape index (κ2) is 4.81. The molecule has 0 bridgehead atoms. The molecule has 1 N–H and O–H groups in total. The van der Waals surface area contributed by atoms with E-state index in [1.54, 1.807) is 6.92 Å². The highest BCUT2D eigenvalue weighted by molar-refractivity contribution is 9.10. The van der Waals surface area contributed by atoms with Crippen LogP contribution in [0, 0.1) is 0 Å². The molecule has 0 radical (unpaired) electrons. The zero-order chi connectivity index (χ0) is 13.4. The molecular weight excluding hydrogens is 306 g/mol. The minimum Gasteiger partial charge on any atom is -0.340 e. The second-order valence-electron chi connectivity index (χ2n) is 4.71. The zero-order valence-electron chi connectivity index (χ0n) is 10.6. The molecule has 98 valence electrons. The molecule has 1 amide bonds. The molecule has 1 aromatic heterocycles. The number of carbonyl (C=O) groups excluding carboxylic acids is 1. The number of rotatable bonds is 1. The Morgan fingerprint density at radius 1 is 1.37 bits per heavy atom. The highest BCUT2D eigenvalue weighted by Crippen LogP contribution is 2.24. The predicted octanol–water partition coefficient (Wildman–Crippen LogP) is 2.74. The normalized spacial score (nSPS) is 14.3. The van der Waals surface area contributed by atoms with Gasteiger partial charge < -0.3 is 9.88 Å². The van der Waals surface area contributed by atoms with Gasteiger partial charge in [0.05, 0.1) is 17.9 Å². The van der Waals surface area contributed by atoms with Crippen molar-refractivity contribution in [2.75, 3.05) is 6.54 Å². The Balaban J connectivity index is 1.91. The molecule has 5 heteroatoms. The quantitative estimate of drug-likeness (QED) is 0.878. The average Bonchev–Trinajstić information content (AvgIpc) is 2.82. The third-order valence-electron chi connectivity index (χ3n) is 3.39. The molecule has 2 aromatic rings. The number of hydrogen-bond donors (Lipinski definition) is 1. The van der Waals surface area contributed by atoms with E-state index in [4.69, 9.17) is 0 Å². The molecule has 2 heterocycles. The van der Waals surface area contributed by atoms with Gasteiger partial charge in [0.1, 0.15) is 5.82 Å². The summed E-state index contributed by atoms with van der Waals surface area (Å²) in [5.74, 6) is 0.994. The number of benzene rings is 1. The predicted molar refractivity (Wildman–Crippen MR) is 76.5 cm³/mol. The van der Waals surface area contributed by atoms with E-state index in [1.165, 1.54) is 0 Å². The number of aromatic amines is 1. The van der Waals surface area contributed by atoms with Crippen LogP contribution in [0.4, 0.5) is 0 Å². The van der Waals surface area contributed by atoms with Crippen LogP contribution in [0.5, 0.6) is 0 Å².